The Balaban J connectivity index is 1.58. The Morgan fingerprint density at radius 1 is 1.12 bits per heavy atom. The first-order chi connectivity index (χ1) is 12.2. The highest BCUT2D eigenvalue weighted by Gasteiger charge is 2.18. The van der Waals surface area contributed by atoms with Crippen LogP contribution in [0.4, 0.5) is 0 Å². The molecule has 0 radical (unpaired) electrons. The van der Waals surface area contributed by atoms with Crippen LogP contribution in [0.2, 0.25) is 0 Å². The van der Waals surface area contributed by atoms with E-state index >= 15 is 0 Å². The summed E-state index contributed by atoms with van der Waals surface area (Å²) < 4.78 is 5.84. The van der Waals surface area contributed by atoms with Gasteiger partial charge in [0.05, 0.1) is 12.6 Å². The van der Waals surface area contributed by atoms with Crippen molar-refractivity contribution in [1.82, 2.24) is 5.32 Å². The summed E-state index contributed by atoms with van der Waals surface area (Å²) in [6, 6.07) is 20.0. The number of hydrogen-bond donors (Lipinski definition) is 2. The Labute approximate surface area is 148 Å². The van der Waals surface area contributed by atoms with Gasteiger partial charge in [-0.2, -0.15) is 0 Å². The number of para-hydroxylation sites is 1. The van der Waals surface area contributed by atoms with Crippen LogP contribution in [0.1, 0.15) is 31.2 Å². The summed E-state index contributed by atoms with van der Waals surface area (Å²) in [6.07, 6.45) is 0. The standard InChI is InChI=1S/C21H24N2O2/c1-3-23(14-17-9-5-4-6-10-17)15-21(24)22-16(2)20-13-18-11-7-8-12-19(18)25-20/h4-13,16H,3,14-15H2,1-2H3,(H,22,24)/p+1/t16-/m1/s1. The number of rotatable bonds is 7. The summed E-state index contributed by atoms with van der Waals surface area (Å²) in [5.41, 5.74) is 2.10. The third-order valence-electron chi connectivity index (χ3n) is 4.46. The largest absolute Gasteiger partial charge is 0.459 e. The number of amides is 1. The van der Waals surface area contributed by atoms with Gasteiger partial charge in [0, 0.05) is 10.9 Å². The summed E-state index contributed by atoms with van der Waals surface area (Å²) in [4.78, 5) is 13.7. The number of carbonyl (C=O) groups excluding carboxylic acids is 1. The zero-order valence-corrected chi connectivity index (χ0v) is 14.8. The predicted molar refractivity (Wildman–Crippen MR) is 99.3 cm³/mol. The van der Waals surface area contributed by atoms with E-state index in [1.807, 2.05) is 55.5 Å². The van der Waals surface area contributed by atoms with Crippen molar-refractivity contribution < 1.29 is 14.1 Å². The summed E-state index contributed by atoms with van der Waals surface area (Å²) in [6.45, 7) is 6.27. The molecule has 0 spiro atoms. The molecule has 3 aromatic rings. The molecule has 2 N–H and O–H groups in total. The molecule has 1 heterocycles. The van der Waals surface area contributed by atoms with E-state index in [0.29, 0.717) is 6.54 Å². The van der Waals surface area contributed by atoms with Crippen LogP contribution >= 0.6 is 0 Å². The molecular formula is C21H25N2O2+. The van der Waals surface area contributed by atoms with Gasteiger partial charge in [-0.1, -0.05) is 48.5 Å². The smallest absolute Gasteiger partial charge is 0.275 e. The van der Waals surface area contributed by atoms with Gasteiger partial charge in [0.1, 0.15) is 17.9 Å². The molecule has 0 bridgehead atoms. The van der Waals surface area contributed by atoms with Gasteiger partial charge in [-0.15, -0.1) is 0 Å². The van der Waals surface area contributed by atoms with E-state index in [1.165, 1.54) is 10.5 Å². The zero-order valence-electron chi connectivity index (χ0n) is 14.8. The minimum Gasteiger partial charge on any atom is -0.459 e. The molecule has 0 aliphatic heterocycles. The van der Waals surface area contributed by atoms with Gasteiger partial charge in [-0.3, -0.25) is 4.79 Å². The summed E-state index contributed by atoms with van der Waals surface area (Å²) in [5.74, 6) is 0.830. The van der Waals surface area contributed by atoms with E-state index in [2.05, 4.69) is 24.4 Å². The molecule has 25 heavy (non-hydrogen) atoms. The minimum atomic E-state index is -0.144. The van der Waals surface area contributed by atoms with Gasteiger partial charge in [0.15, 0.2) is 6.54 Å². The quantitative estimate of drug-likeness (QED) is 0.696. The average Bonchev–Trinajstić information content (AvgIpc) is 3.06. The van der Waals surface area contributed by atoms with Gasteiger partial charge in [-0.05, 0) is 26.0 Å². The lowest BCUT2D eigenvalue weighted by molar-refractivity contribution is -0.904. The normalized spacial score (nSPS) is 13.5. The van der Waals surface area contributed by atoms with Crippen LogP contribution < -0.4 is 10.2 Å². The van der Waals surface area contributed by atoms with Crippen molar-refractivity contribution in [2.75, 3.05) is 13.1 Å². The number of likely N-dealkylation sites (N-methyl/N-ethyl adjacent to an activating group) is 1. The van der Waals surface area contributed by atoms with Crippen LogP contribution in [0, 0.1) is 0 Å². The Hall–Kier alpha value is -2.59. The van der Waals surface area contributed by atoms with Crippen molar-refractivity contribution in [3.05, 3.63) is 72.0 Å². The molecule has 130 valence electrons. The molecule has 2 aromatic carbocycles. The lowest BCUT2D eigenvalue weighted by Gasteiger charge is -2.18. The van der Waals surface area contributed by atoms with Crippen molar-refractivity contribution in [2.45, 2.75) is 26.4 Å². The fourth-order valence-electron chi connectivity index (χ4n) is 3.00. The molecule has 1 unspecified atom stereocenters. The Morgan fingerprint density at radius 3 is 2.56 bits per heavy atom. The van der Waals surface area contributed by atoms with Gasteiger partial charge in [-0.25, -0.2) is 0 Å². The van der Waals surface area contributed by atoms with E-state index in [0.717, 1.165) is 29.8 Å². The molecular weight excluding hydrogens is 312 g/mol. The Morgan fingerprint density at radius 2 is 1.84 bits per heavy atom. The Kier molecular flexibility index (Phi) is 5.51. The lowest BCUT2D eigenvalue weighted by Crippen LogP contribution is -3.11. The molecule has 0 fully saturated rings. The van der Waals surface area contributed by atoms with Crippen molar-refractivity contribution >= 4 is 16.9 Å². The zero-order chi connectivity index (χ0) is 17.6. The predicted octanol–water partition coefficient (Wildman–Crippen LogP) is 2.72. The molecule has 1 aromatic heterocycles. The maximum Gasteiger partial charge on any atom is 0.275 e. The number of nitrogens with one attached hydrogen (secondary N) is 2. The minimum absolute atomic E-state index is 0.0423. The number of benzene rings is 2. The topological polar surface area (TPSA) is 46.7 Å². The van der Waals surface area contributed by atoms with Gasteiger partial charge in [0.25, 0.3) is 5.91 Å². The highest BCUT2D eigenvalue weighted by atomic mass is 16.3. The van der Waals surface area contributed by atoms with Crippen molar-refractivity contribution in [1.29, 1.82) is 0 Å². The van der Waals surface area contributed by atoms with Crippen molar-refractivity contribution in [3.63, 3.8) is 0 Å². The van der Waals surface area contributed by atoms with Gasteiger partial charge < -0.3 is 14.6 Å². The molecule has 2 atom stereocenters. The highest BCUT2D eigenvalue weighted by molar-refractivity contribution is 5.79. The molecule has 0 saturated carbocycles. The van der Waals surface area contributed by atoms with Crippen molar-refractivity contribution in [3.8, 4) is 0 Å². The van der Waals surface area contributed by atoms with Crippen LogP contribution in [-0.4, -0.2) is 19.0 Å². The lowest BCUT2D eigenvalue weighted by atomic mass is 10.2. The summed E-state index contributed by atoms with van der Waals surface area (Å²) >= 11 is 0. The first kappa shape index (κ1) is 17.2. The SMILES string of the molecule is CC[NH+](CC(=O)N[C@H](C)c1cc2ccccc2o1)Cc1ccccc1. The molecule has 0 saturated heterocycles. The molecule has 0 aliphatic rings. The molecule has 3 rings (SSSR count). The van der Waals surface area contributed by atoms with Crippen molar-refractivity contribution in [2.24, 2.45) is 0 Å². The number of hydrogen-bond acceptors (Lipinski definition) is 2. The number of quaternary nitrogens is 1. The second-order valence-corrected chi connectivity index (χ2v) is 6.42. The number of carbonyl (C=O) groups is 1. The van der Waals surface area contributed by atoms with Crippen LogP contribution in [0.25, 0.3) is 11.0 Å². The third-order valence-corrected chi connectivity index (χ3v) is 4.46. The Bertz CT molecular complexity index is 793. The first-order valence-electron chi connectivity index (χ1n) is 8.81. The maximum absolute atomic E-state index is 12.4. The van der Waals surface area contributed by atoms with Gasteiger partial charge >= 0.3 is 0 Å². The average molecular weight is 337 g/mol. The highest BCUT2D eigenvalue weighted by Crippen LogP contribution is 2.23. The maximum atomic E-state index is 12.4. The first-order valence-corrected chi connectivity index (χ1v) is 8.81. The molecule has 4 heteroatoms. The second-order valence-electron chi connectivity index (χ2n) is 6.42. The third kappa shape index (κ3) is 4.48. The van der Waals surface area contributed by atoms with E-state index < -0.39 is 0 Å². The number of furan rings is 1. The number of fused-ring (bicyclic) bond motifs is 1. The van der Waals surface area contributed by atoms with E-state index in [9.17, 15) is 4.79 Å². The molecule has 4 nitrogen and oxygen atoms in total. The van der Waals surface area contributed by atoms with E-state index in [-0.39, 0.29) is 11.9 Å². The van der Waals surface area contributed by atoms with Crippen LogP contribution in [0.5, 0.6) is 0 Å². The summed E-state index contributed by atoms with van der Waals surface area (Å²) in [5, 5.41) is 4.11. The molecule has 0 aliphatic carbocycles. The fraction of sp³-hybridized carbons (Fsp3) is 0.286. The monoisotopic (exact) mass is 337 g/mol. The van der Waals surface area contributed by atoms with Crippen LogP contribution in [0.15, 0.2) is 65.1 Å². The van der Waals surface area contributed by atoms with Crippen LogP contribution in [0.3, 0.4) is 0 Å². The van der Waals surface area contributed by atoms with E-state index in [4.69, 9.17) is 4.42 Å². The molecule has 1 amide bonds. The summed E-state index contributed by atoms with van der Waals surface area (Å²) in [7, 11) is 0. The van der Waals surface area contributed by atoms with E-state index in [1.54, 1.807) is 0 Å². The van der Waals surface area contributed by atoms with Crippen LogP contribution in [-0.2, 0) is 11.3 Å². The second kappa shape index (κ2) is 7.99. The van der Waals surface area contributed by atoms with Gasteiger partial charge in [0.2, 0.25) is 0 Å². The fourth-order valence-corrected chi connectivity index (χ4v) is 3.00.